The van der Waals surface area contributed by atoms with E-state index in [9.17, 15) is 9.59 Å². The van der Waals surface area contributed by atoms with E-state index < -0.39 is 5.60 Å². The third-order valence-electron chi connectivity index (χ3n) is 4.25. The van der Waals surface area contributed by atoms with Crippen LogP contribution in [0.15, 0.2) is 42.5 Å². The number of carbonyl (C=O) groups excluding carboxylic acids is 2. The van der Waals surface area contributed by atoms with E-state index in [1.165, 1.54) is 0 Å². The number of ether oxygens (including phenoxy) is 1. The molecule has 1 aliphatic rings. The van der Waals surface area contributed by atoms with Gasteiger partial charge in [-0.05, 0) is 48.6 Å². The number of rotatable bonds is 3. The fourth-order valence-corrected chi connectivity index (χ4v) is 3.20. The van der Waals surface area contributed by atoms with Gasteiger partial charge >= 0.3 is 6.09 Å². The number of fused-ring (bicyclic) bond motifs is 1. The lowest BCUT2D eigenvalue weighted by atomic mass is 9.95. The molecule has 0 unspecified atom stereocenters. The highest BCUT2D eigenvalue weighted by atomic mass is 16.6. The maximum absolute atomic E-state index is 12.4. The lowest BCUT2D eigenvalue weighted by Gasteiger charge is -2.24. The molecule has 0 saturated carbocycles. The van der Waals surface area contributed by atoms with E-state index in [1.807, 2.05) is 63.2 Å². The van der Waals surface area contributed by atoms with Crippen molar-refractivity contribution >= 4 is 12.0 Å². The van der Waals surface area contributed by atoms with Crippen LogP contribution in [0.5, 0.6) is 0 Å². The molecule has 0 bridgehead atoms. The Balaban J connectivity index is 1.88. The normalized spacial score (nSPS) is 13.4. The van der Waals surface area contributed by atoms with Crippen LogP contribution in [0.25, 0.3) is 11.1 Å². The predicted molar refractivity (Wildman–Crippen MR) is 100 cm³/mol. The number of amides is 2. The van der Waals surface area contributed by atoms with Gasteiger partial charge in [-0.3, -0.25) is 9.69 Å². The molecule has 2 amide bonds. The zero-order valence-electron chi connectivity index (χ0n) is 15.4. The Labute approximate surface area is 153 Å². The summed E-state index contributed by atoms with van der Waals surface area (Å²) in [6.45, 7) is 6.65. The van der Waals surface area contributed by atoms with Crippen molar-refractivity contribution in [2.75, 3.05) is 0 Å². The van der Waals surface area contributed by atoms with E-state index in [-0.39, 0.29) is 18.4 Å². The van der Waals surface area contributed by atoms with Crippen molar-refractivity contribution in [3.05, 3.63) is 59.2 Å². The van der Waals surface area contributed by atoms with E-state index in [2.05, 4.69) is 0 Å². The Bertz CT molecular complexity index is 853. The Morgan fingerprint density at radius 3 is 2.54 bits per heavy atom. The van der Waals surface area contributed by atoms with Crippen LogP contribution in [-0.2, 0) is 29.0 Å². The second kappa shape index (κ2) is 6.83. The highest BCUT2D eigenvalue weighted by Crippen LogP contribution is 2.33. The van der Waals surface area contributed by atoms with Crippen molar-refractivity contribution in [1.82, 2.24) is 4.90 Å². The first kappa shape index (κ1) is 18.0. The van der Waals surface area contributed by atoms with Gasteiger partial charge in [0.2, 0.25) is 5.91 Å². The second-order valence-corrected chi connectivity index (χ2v) is 7.62. The minimum absolute atomic E-state index is 0.215. The van der Waals surface area contributed by atoms with Crippen molar-refractivity contribution in [3.63, 3.8) is 0 Å². The molecule has 5 nitrogen and oxygen atoms in total. The molecule has 2 N–H and O–H groups in total. The summed E-state index contributed by atoms with van der Waals surface area (Å²) in [6.07, 6.45) is -0.0884. The Kier molecular flexibility index (Phi) is 4.72. The minimum Gasteiger partial charge on any atom is -0.444 e. The van der Waals surface area contributed by atoms with Crippen LogP contribution in [-0.4, -0.2) is 22.5 Å². The first-order chi connectivity index (χ1) is 12.2. The summed E-state index contributed by atoms with van der Waals surface area (Å²) in [5, 5.41) is 0. The zero-order valence-corrected chi connectivity index (χ0v) is 15.4. The van der Waals surface area contributed by atoms with E-state index in [0.29, 0.717) is 13.1 Å². The van der Waals surface area contributed by atoms with Gasteiger partial charge in [0.05, 0.1) is 13.0 Å². The molecule has 26 heavy (non-hydrogen) atoms. The molecule has 0 aromatic heterocycles. The molecule has 0 spiro atoms. The van der Waals surface area contributed by atoms with Gasteiger partial charge in [0.15, 0.2) is 0 Å². The Morgan fingerprint density at radius 1 is 1.12 bits per heavy atom. The molecular formula is C21H24N2O3. The highest BCUT2D eigenvalue weighted by molar-refractivity contribution is 5.78. The number of nitrogens with two attached hydrogens (primary N) is 1. The van der Waals surface area contributed by atoms with Gasteiger partial charge in [-0.2, -0.15) is 0 Å². The summed E-state index contributed by atoms with van der Waals surface area (Å²) in [4.78, 5) is 25.3. The molecule has 0 saturated heterocycles. The average molecular weight is 352 g/mol. The zero-order chi connectivity index (χ0) is 18.9. The summed E-state index contributed by atoms with van der Waals surface area (Å²) in [7, 11) is 0. The Hall–Kier alpha value is -2.82. The number of benzene rings is 2. The van der Waals surface area contributed by atoms with Crippen molar-refractivity contribution in [2.45, 2.75) is 45.9 Å². The number of carbonyl (C=O) groups is 2. The molecule has 2 aromatic rings. The summed E-state index contributed by atoms with van der Waals surface area (Å²) in [6, 6.07) is 13.9. The highest BCUT2D eigenvalue weighted by Gasteiger charge is 2.29. The van der Waals surface area contributed by atoms with Gasteiger partial charge in [0.1, 0.15) is 5.60 Å². The number of hydrogen-bond acceptors (Lipinski definition) is 3. The number of hydrogen-bond donors (Lipinski definition) is 1. The molecule has 0 atom stereocenters. The third-order valence-corrected chi connectivity index (χ3v) is 4.25. The minimum atomic E-state index is -0.516. The molecule has 1 heterocycles. The van der Waals surface area contributed by atoms with Crippen LogP contribution in [0.1, 0.15) is 37.5 Å². The predicted octanol–water partition coefficient (Wildman–Crippen LogP) is 3.63. The second-order valence-electron chi connectivity index (χ2n) is 7.62. The molecule has 0 aliphatic carbocycles. The van der Waals surface area contributed by atoms with E-state index in [1.54, 1.807) is 4.90 Å². The first-order valence-corrected chi connectivity index (χ1v) is 8.69. The Morgan fingerprint density at radius 2 is 1.85 bits per heavy atom. The standard InChI is InChI=1S/C21H24N2O3/c1-21(2,3)26-20(25)23-12-16-8-5-9-17(18(16)13-23)15-7-4-6-14(10-15)11-19(22)24/h4-10H,11-13H2,1-3H3,(H2,22,24). The maximum atomic E-state index is 12.4. The van der Waals surface area contributed by atoms with E-state index >= 15 is 0 Å². The third kappa shape index (κ3) is 4.04. The summed E-state index contributed by atoms with van der Waals surface area (Å²) in [5.41, 5.74) is 10.0. The van der Waals surface area contributed by atoms with Crippen molar-refractivity contribution in [3.8, 4) is 11.1 Å². The van der Waals surface area contributed by atoms with Crippen molar-refractivity contribution in [2.24, 2.45) is 5.73 Å². The largest absolute Gasteiger partial charge is 0.444 e. The van der Waals surface area contributed by atoms with E-state index in [0.717, 1.165) is 27.8 Å². The molecule has 2 aromatic carbocycles. The fraction of sp³-hybridized carbons (Fsp3) is 0.333. The van der Waals surface area contributed by atoms with Crippen LogP contribution in [0, 0.1) is 0 Å². The van der Waals surface area contributed by atoms with Crippen LogP contribution >= 0.6 is 0 Å². The van der Waals surface area contributed by atoms with Crippen LogP contribution < -0.4 is 5.73 Å². The molecular weight excluding hydrogens is 328 g/mol. The molecule has 0 radical (unpaired) electrons. The van der Waals surface area contributed by atoms with Gasteiger partial charge in [-0.1, -0.05) is 42.5 Å². The molecule has 5 heteroatoms. The van der Waals surface area contributed by atoms with E-state index in [4.69, 9.17) is 10.5 Å². The van der Waals surface area contributed by atoms with Gasteiger partial charge in [-0.25, -0.2) is 4.79 Å². The monoisotopic (exact) mass is 352 g/mol. The van der Waals surface area contributed by atoms with Crippen LogP contribution in [0.2, 0.25) is 0 Å². The van der Waals surface area contributed by atoms with Crippen LogP contribution in [0.4, 0.5) is 4.79 Å². The molecule has 0 fully saturated rings. The lowest BCUT2D eigenvalue weighted by Crippen LogP contribution is -2.33. The summed E-state index contributed by atoms with van der Waals surface area (Å²) < 4.78 is 5.50. The fourth-order valence-electron chi connectivity index (χ4n) is 3.20. The quantitative estimate of drug-likeness (QED) is 0.917. The summed E-state index contributed by atoms with van der Waals surface area (Å²) in [5.74, 6) is -0.350. The van der Waals surface area contributed by atoms with Gasteiger partial charge in [-0.15, -0.1) is 0 Å². The smallest absolute Gasteiger partial charge is 0.410 e. The first-order valence-electron chi connectivity index (χ1n) is 8.69. The van der Waals surface area contributed by atoms with Gasteiger partial charge in [0, 0.05) is 6.54 Å². The molecule has 3 rings (SSSR count). The average Bonchev–Trinajstić information content (AvgIpc) is 2.97. The maximum Gasteiger partial charge on any atom is 0.410 e. The number of primary amides is 1. The lowest BCUT2D eigenvalue weighted by molar-refractivity contribution is -0.117. The SMILES string of the molecule is CC(C)(C)OC(=O)N1Cc2cccc(-c3cccc(CC(N)=O)c3)c2C1. The topological polar surface area (TPSA) is 72.6 Å². The van der Waals surface area contributed by atoms with Crippen LogP contribution in [0.3, 0.4) is 0 Å². The van der Waals surface area contributed by atoms with Gasteiger partial charge in [0.25, 0.3) is 0 Å². The number of nitrogens with zero attached hydrogens (tertiary/aromatic N) is 1. The van der Waals surface area contributed by atoms with Crippen molar-refractivity contribution < 1.29 is 14.3 Å². The van der Waals surface area contributed by atoms with Gasteiger partial charge < -0.3 is 10.5 Å². The van der Waals surface area contributed by atoms with Crippen molar-refractivity contribution in [1.29, 1.82) is 0 Å². The molecule has 136 valence electrons. The molecule has 1 aliphatic heterocycles. The summed E-state index contributed by atoms with van der Waals surface area (Å²) >= 11 is 0.